The van der Waals surface area contributed by atoms with Crippen molar-refractivity contribution in [3.8, 4) is 0 Å². The lowest BCUT2D eigenvalue weighted by atomic mass is 10.0. The molecule has 1 atom stereocenters. The van der Waals surface area contributed by atoms with Crippen LogP contribution in [-0.2, 0) is 6.42 Å². The molecule has 0 amide bonds. The predicted molar refractivity (Wildman–Crippen MR) is 81.6 cm³/mol. The maximum absolute atomic E-state index is 6.11. The Balaban J connectivity index is 2.88. The third-order valence-corrected chi connectivity index (χ3v) is 3.55. The summed E-state index contributed by atoms with van der Waals surface area (Å²) in [5.41, 5.74) is 8.58. The van der Waals surface area contributed by atoms with Gasteiger partial charge in [0.15, 0.2) is 0 Å². The fourth-order valence-corrected chi connectivity index (χ4v) is 2.17. The van der Waals surface area contributed by atoms with Gasteiger partial charge in [0.2, 0.25) is 0 Å². The SMILES string of the molecule is CCCCN(C)c1cc(Cl)ccc1CC(N)CC. The van der Waals surface area contributed by atoms with Gasteiger partial charge in [0.05, 0.1) is 0 Å². The molecule has 0 spiro atoms. The van der Waals surface area contributed by atoms with Gasteiger partial charge in [-0.15, -0.1) is 0 Å². The van der Waals surface area contributed by atoms with Crippen molar-refractivity contribution < 1.29 is 0 Å². The van der Waals surface area contributed by atoms with Crippen LogP contribution in [0, 0.1) is 0 Å². The zero-order chi connectivity index (χ0) is 13.5. The first-order valence-corrected chi connectivity index (χ1v) is 7.21. The monoisotopic (exact) mass is 268 g/mol. The van der Waals surface area contributed by atoms with Crippen molar-refractivity contribution in [1.29, 1.82) is 0 Å². The van der Waals surface area contributed by atoms with E-state index in [1.54, 1.807) is 0 Å². The lowest BCUT2D eigenvalue weighted by molar-refractivity contribution is 0.644. The van der Waals surface area contributed by atoms with Gasteiger partial charge in [0, 0.05) is 30.3 Å². The Hall–Kier alpha value is -0.730. The average molecular weight is 269 g/mol. The molecule has 0 aromatic heterocycles. The lowest BCUT2D eigenvalue weighted by Crippen LogP contribution is -2.25. The molecule has 18 heavy (non-hydrogen) atoms. The minimum atomic E-state index is 0.226. The van der Waals surface area contributed by atoms with Gasteiger partial charge in [-0.05, 0) is 37.0 Å². The highest BCUT2D eigenvalue weighted by Gasteiger charge is 2.10. The number of unbranched alkanes of at least 4 members (excludes halogenated alkanes) is 1. The number of anilines is 1. The summed E-state index contributed by atoms with van der Waals surface area (Å²) in [5, 5.41) is 0.794. The first kappa shape index (κ1) is 15.3. The molecule has 2 N–H and O–H groups in total. The number of hydrogen-bond acceptors (Lipinski definition) is 2. The highest BCUT2D eigenvalue weighted by atomic mass is 35.5. The van der Waals surface area contributed by atoms with E-state index in [2.05, 4.69) is 37.9 Å². The van der Waals surface area contributed by atoms with Crippen LogP contribution in [0.4, 0.5) is 5.69 Å². The van der Waals surface area contributed by atoms with Gasteiger partial charge in [-0.25, -0.2) is 0 Å². The van der Waals surface area contributed by atoms with Gasteiger partial charge in [-0.3, -0.25) is 0 Å². The van der Waals surface area contributed by atoms with Crippen LogP contribution in [0.1, 0.15) is 38.7 Å². The Morgan fingerprint density at radius 2 is 2.06 bits per heavy atom. The second kappa shape index (κ2) is 7.65. The molecule has 0 radical (unpaired) electrons. The van der Waals surface area contributed by atoms with Crippen LogP contribution in [0.25, 0.3) is 0 Å². The number of rotatable bonds is 7. The highest BCUT2D eigenvalue weighted by molar-refractivity contribution is 6.30. The van der Waals surface area contributed by atoms with E-state index in [0.29, 0.717) is 0 Å². The Morgan fingerprint density at radius 3 is 2.67 bits per heavy atom. The van der Waals surface area contributed by atoms with Crippen LogP contribution >= 0.6 is 11.6 Å². The molecule has 1 rings (SSSR count). The van der Waals surface area contributed by atoms with E-state index < -0.39 is 0 Å². The second-order valence-corrected chi connectivity index (χ2v) is 5.36. The zero-order valence-electron chi connectivity index (χ0n) is 11.7. The summed E-state index contributed by atoms with van der Waals surface area (Å²) in [7, 11) is 2.13. The highest BCUT2D eigenvalue weighted by Crippen LogP contribution is 2.25. The summed E-state index contributed by atoms with van der Waals surface area (Å²) in [6, 6.07) is 6.34. The smallest absolute Gasteiger partial charge is 0.0426 e. The Bertz CT molecular complexity index is 366. The number of nitrogens with two attached hydrogens (primary N) is 1. The molecule has 0 fully saturated rings. The third kappa shape index (κ3) is 4.51. The van der Waals surface area contributed by atoms with Gasteiger partial charge in [0.25, 0.3) is 0 Å². The van der Waals surface area contributed by atoms with E-state index in [9.17, 15) is 0 Å². The first-order valence-electron chi connectivity index (χ1n) is 6.83. The van der Waals surface area contributed by atoms with Crippen molar-refractivity contribution in [2.45, 2.75) is 45.6 Å². The molecule has 0 aliphatic rings. The topological polar surface area (TPSA) is 29.3 Å². The van der Waals surface area contributed by atoms with Crippen molar-refractivity contribution in [3.63, 3.8) is 0 Å². The molecular weight excluding hydrogens is 244 g/mol. The fraction of sp³-hybridized carbons (Fsp3) is 0.600. The Labute approximate surface area is 116 Å². The van der Waals surface area contributed by atoms with Gasteiger partial charge in [-0.2, -0.15) is 0 Å². The number of nitrogens with zero attached hydrogens (tertiary/aromatic N) is 1. The molecule has 1 aromatic carbocycles. The van der Waals surface area contributed by atoms with Crippen molar-refractivity contribution in [3.05, 3.63) is 28.8 Å². The van der Waals surface area contributed by atoms with Gasteiger partial charge in [0.1, 0.15) is 0 Å². The zero-order valence-corrected chi connectivity index (χ0v) is 12.5. The van der Waals surface area contributed by atoms with Crippen molar-refractivity contribution in [1.82, 2.24) is 0 Å². The number of halogens is 1. The maximum Gasteiger partial charge on any atom is 0.0426 e. The van der Waals surface area contributed by atoms with E-state index in [4.69, 9.17) is 17.3 Å². The van der Waals surface area contributed by atoms with Crippen molar-refractivity contribution >= 4 is 17.3 Å². The van der Waals surface area contributed by atoms with Crippen LogP contribution in [0.2, 0.25) is 5.02 Å². The Kier molecular flexibility index (Phi) is 6.51. The van der Waals surface area contributed by atoms with Crippen LogP contribution in [-0.4, -0.2) is 19.6 Å². The molecule has 1 aromatic rings. The van der Waals surface area contributed by atoms with Gasteiger partial charge in [-0.1, -0.05) is 37.9 Å². The molecule has 102 valence electrons. The molecule has 0 aliphatic heterocycles. The van der Waals surface area contributed by atoms with Crippen molar-refractivity contribution in [2.75, 3.05) is 18.5 Å². The summed E-state index contributed by atoms with van der Waals surface area (Å²) in [5.74, 6) is 0. The van der Waals surface area contributed by atoms with E-state index in [1.165, 1.54) is 24.1 Å². The van der Waals surface area contributed by atoms with E-state index >= 15 is 0 Å². The fourth-order valence-electron chi connectivity index (χ4n) is 2.01. The quantitative estimate of drug-likeness (QED) is 0.814. The van der Waals surface area contributed by atoms with E-state index in [0.717, 1.165) is 24.4 Å². The average Bonchev–Trinajstić information content (AvgIpc) is 2.37. The van der Waals surface area contributed by atoms with Crippen molar-refractivity contribution in [2.24, 2.45) is 5.73 Å². The molecule has 2 nitrogen and oxygen atoms in total. The van der Waals surface area contributed by atoms with Crippen LogP contribution in [0.3, 0.4) is 0 Å². The molecule has 3 heteroatoms. The van der Waals surface area contributed by atoms with Crippen LogP contribution in [0.15, 0.2) is 18.2 Å². The summed E-state index contributed by atoms with van der Waals surface area (Å²) < 4.78 is 0. The maximum atomic E-state index is 6.11. The molecule has 0 saturated heterocycles. The summed E-state index contributed by atoms with van der Waals surface area (Å²) in [6.07, 6.45) is 4.32. The molecule has 0 saturated carbocycles. The number of benzene rings is 1. The first-order chi connectivity index (χ1) is 8.58. The second-order valence-electron chi connectivity index (χ2n) is 4.92. The van der Waals surface area contributed by atoms with Crippen LogP contribution < -0.4 is 10.6 Å². The van der Waals surface area contributed by atoms with Gasteiger partial charge < -0.3 is 10.6 Å². The minimum Gasteiger partial charge on any atom is -0.374 e. The van der Waals surface area contributed by atoms with E-state index in [1.807, 2.05) is 6.07 Å². The lowest BCUT2D eigenvalue weighted by Gasteiger charge is -2.23. The normalized spacial score (nSPS) is 12.5. The summed E-state index contributed by atoms with van der Waals surface area (Å²) in [4.78, 5) is 2.28. The Morgan fingerprint density at radius 1 is 1.33 bits per heavy atom. The third-order valence-electron chi connectivity index (χ3n) is 3.31. The molecule has 0 bridgehead atoms. The minimum absolute atomic E-state index is 0.226. The van der Waals surface area contributed by atoms with Gasteiger partial charge >= 0.3 is 0 Å². The summed E-state index contributed by atoms with van der Waals surface area (Å²) in [6.45, 7) is 5.39. The molecular formula is C15H25ClN2. The van der Waals surface area contributed by atoms with Crippen LogP contribution in [0.5, 0.6) is 0 Å². The standard InChI is InChI=1S/C15H25ClN2/c1-4-6-9-18(3)15-11-13(16)8-7-12(15)10-14(17)5-2/h7-8,11,14H,4-6,9-10,17H2,1-3H3. The predicted octanol–water partition coefficient (Wildman–Crippen LogP) is 3.86. The molecule has 1 unspecified atom stereocenters. The van der Waals surface area contributed by atoms with E-state index in [-0.39, 0.29) is 6.04 Å². The molecule has 0 aliphatic carbocycles. The largest absolute Gasteiger partial charge is 0.374 e. The number of hydrogen-bond donors (Lipinski definition) is 1. The summed E-state index contributed by atoms with van der Waals surface area (Å²) >= 11 is 6.11. The molecule has 0 heterocycles.